The number of hydrogen-bond acceptors (Lipinski definition) is 2. The number of allylic oxidation sites excluding steroid dienone is 4. The van der Waals surface area contributed by atoms with E-state index >= 15 is 0 Å². The largest absolute Gasteiger partial charge is 0.286 e. The zero-order valence-electron chi connectivity index (χ0n) is 8.64. The fourth-order valence-corrected chi connectivity index (χ4v) is 2.40. The Balaban J connectivity index is 2.66. The summed E-state index contributed by atoms with van der Waals surface area (Å²) in [6, 6.07) is 1.41. The number of halogens is 4. The molecule has 0 saturated carbocycles. The van der Waals surface area contributed by atoms with E-state index in [2.05, 4.69) is 0 Å². The summed E-state index contributed by atoms with van der Waals surface area (Å²) in [5.41, 5.74) is 0.437. The molecule has 1 aromatic carbocycles. The number of benzene rings is 1. The molecule has 0 N–H and O–H groups in total. The normalized spacial score (nSPS) is 15.0. The topological polar surface area (TPSA) is 34.1 Å². The summed E-state index contributed by atoms with van der Waals surface area (Å²) in [6.45, 7) is 0. The van der Waals surface area contributed by atoms with E-state index in [9.17, 15) is 9.59 Å². The van der Waals surface area contributed by atoms with Crippen molar-refractivity contribution >= 4 is 63.5 Å². The Labute approximate surface area is 123 Å². The van der Waals surface area contributed by atoms with Gasteiger partial charge in [0.15, 0.2) is 0 Å². The lowest BCUT2D eigenvalue weighted by molar-refractivity contribution is -0.130. The molecule has 0 saturated heterocycles. The van der Waals surface area contributed by atoms with Crippen LogP contribution in [0, 0.1) is 0 Å². The summed E-state index contributed by atoms with van der Waals surface area (Å²) in [5.74, 6) is -1.28. The van der Waals surface area contributed by atoms with Gasteiger partial charge in [-0.1, -0.05) is 58.6 Å². The predicted octanol–water partition coefficient (Wildman–Crippen LogP) is 4.39. The second-order valence-corrected chi connectivity index (χ2v) is 5.02. The molecule has 0 heterocycles. The standard InChI is InChI=1S/C12H4Cl4O2/c13-7-4-6(9(14)11(16)10(7)15)5-2-1-3-8(17)12(5)18/h1-4H. The smallest absolute Gasteiger partial charge is 0.233 e. The molecule has 18 heavy (non-hydrogen) atoms. The summed E-state index contributed by atoms with van der Waals surface area (Å²) >= 11 is 23.6. The van der Waals surface area contributed by atoms with Crippen LogP contribution in [0.4, 0.5) is 0 Å². The van der Waals surface area contributed by atoms with Gasteiger partial charge in [0.05, 0.1) is 20.1 Å². The lowest BCUT2D eigenvalue weighted by Crippen LogP contribution is -2.15. The highest BCUT2D eigenvalue weighted by Gasteiger charge is 2.24. The third kappa shape index (κ3) is 2.21. The molecule has 0 radical (unpaired) electrons. The van der Waals surface area contributed by atoms with Crippen molar-refractivity contribution in [1.82, 2.24) is 0 Å². The van der Waals surface area contributed by atoms with Gasteiger partial charge < -0.3 is 0 Å². The number of carbonyl (C=O) groups excluding carboxylic acids is 2. The van der Waals surface area contributed by atoms with Crippen LogP contribution in [0.2, 0.25) is 20.1 Å². The van der Waals surface area contributed by atoms with E-state index in [1.165, 1.54) is 24.3 Å². The molecule has 6 heteroatoms. The lowest BCUT2D eigenvalue weighted by Gasteiger charge is -2.12. The van der Waals surface area contributed by atoms with Crippen LogP contribution in [-0.4, -0.2) is 11.6 Å². The zero-order valence-corrected chi connectivity index (χ0v) is 11.7. The molecule has 92 valence electrons. The van der Waals surface area contributed by atoms with Crippen molar-refractivity contribution in [1.29, 1.82) is 0 Å². The van der Waals surface area contributed by atoms with E-state index in [-0.39, 0.29) is 25.7 Å². The van der Waals surface area contributed by atoms with Gasteiger partial charge in [-0.3, -0.25) is 9.59 Å². The van der Waals surface area contributed by atoms with Crippen LogP contribution in [0.15, 0.2) is 24.3 Å². The van der Waals surface area contributed by atoms with Crippen LogP contribution >= 0.6 is 46.4 Å². The van der Waals surface area contributed by atoms with Gasteiger partial charge >= 0.3 is 0 Å². The minimum atomic E-state index is -0.658. The zero-order chi connectivity index (χ0) is 13.4. The summed E-state index contributed by atoms with van der Waals surface area (Å²) in [7, 11) is 0. The van der Waals surface area contributed by atoms with E-state index in [0.717, 1.165) is 0 Å². The van der Waals surface area contributed by atoms with Gasteiger partial charge in [0.1, 0.15) is 0 Å². The molecule has 0 amide bonds. The van der Waals surface area contributed by atoms with E-state index < -0.39 is 11.6 Å². The summed E-state index contributed by atoms with van der Waals surface area (Å²) in [4.78, 5) is 23.1. The van der Waals surface area contributed by atoms with Crippen molar-refractivity contribution in [2.24, 2.45) is 0 Å². The van der Waals surface area contributed by atoms with Crippen molar-refractivity contribution in [2.45, 2.75) is 0 Å². The summed E-state index contributed by atoms with van der Waals surface area (Å²) in [5, 5.41) is 0.417. The third-order valence-corrected chi connectivity index (χ3v) is 4.12. The third-order valence-electron chi connectivity index (χ3n) is 2.37. The van der Waals surface area contributed by atoms with Crippen molar-refractivity contribution in [2.75, 3.05) is 0 Å². The Morgan fingerprint density at radius 1 is 0.889 bits per heavy atom. The molecule has 0 spiro atoms. The molecular formula is C12H4Cl4O2. The van der Waals surface area contributed by atoms with E-state index in [0.29, 0.717) is 5.56 Å². The van der Waals surface area contributed by atoms with Crippen molar-refractivity contribution in [3.05, 3.63) is 49.9 Å². The van der Waals surface area contributed by atoms with Gasteiger partial charge in [-0.25, -0.2) is 0 Å². The fourth-order valence-electron chi connectivity index (χ4n) is 1.50. The van der Waals surface area contributed by atoms with E-state index in [1.807, 2.05) is 0 Å². The first kappa shape index (κ1) is 13.6. The Bertz CT molecular complexity index is 629. The molecule has 2 rings (SSSR count). The number of carbonyl (C=O) groups is 2. The van der Waals surface area contributed by atoms with Gasteiger partial charge in [-0.05, 0) is 12.1 Å². The highest BCUT2D eigenvalue weighted by Crippen LogP contribution is 2.41. The van der Waals surface area contributed by atoms with Crippen molar-refractivity contribution in [3.63, 3.8) is 0 Å². The first-order valence-corrected chi connectivity index (χ1v) is 6.25. The van der Waals surface area contributed by atoms with Crippen molar-refractivity contribution in [3.8, 4) is 0 Å². The van der Waals surface area contributed by atoms with Gasteiger partial charge in [-0.15, -0.1) is 0 Å². The van der Waals surface area contributed by atoms with Crippen LogP contribution in [0.25, 0.3) is 5.57 Å². The number of hydrogen-bond donors (Lipinski definition) is 0. The van der Waals surface area contributed by atoms with Gasteiger partial charge in [-0.2, -0.15) is 0 Å². The van der Waals surface area contributed by atoms with Crippen molar-refractivity contribution < 1.29 is 9.59 Å². The summed E-state index contributed by atoms with van der Waals surface area (Å²) < 4.78 is 0. The minimum Gasteiger partial charge on any atom is -0.286 e. The van der Waals surface area contributed by atoms with E-state index in [4.69, 9.17) is 46.4 Å². The molecule has 2 nitrogen and oxygen atoms in total. The van der Waals surface area contributed by atoms with Crippen LogP contribution in [0.1, 0.15) is 5.56 Å². The maximum Gasteiger partial charge on any atom is 0.233 e. The van der Waals surface area contributed by atoms with Crippen LogP contribution in [0.3, 0.4) is 0 Å². The number of rotatable bonds is 1. The van der Waals surface area contributed by atoms with E-state index in [1.54, 1.807) is 0 Å². The second-order valence-electron chi connectivity index (χ2n) is 3.48. The fraction of sp³-hybridized carbons (Fsp3) is 0. The predicted molar refractivity (Wildman–Crippen MR) is 73.6 cm³/mol. The Kier molecular flexibility index (Phi) is 3.83. The molecular weight excluding hydrogens is 318 g/mol. The minimum absolute atomic E-state index is 0.0523. The number of ketones is 2. The quantitative estimate of drug-likeness (QED) is 0.333. The average molecular weight is 322 g/mol. The SMILES string of the molecule is O=C1C=CC=C(c2cc(Cl)c(Cl)c(Cl)c2Cl)C1=O. The first-order valence-electron chi connectivity index (χ1n) is 4.74. The molecule has 0 aliphatic heterocycles. The Hall–Kier alpha value is -0.800. The van der Waals surface area contributed by atoms with Crippen LogP contribution in [-0.2, 0) is 9.59 Å². The lowest BCUT2D eigenvalue weighted by atomic mass is 9.95. The second kappa shape index (κ2) is 5.06. The molecule has 1 aliphatic carbocycles. The Morgan fingerprint density at radius 3 is 2.22 bits per heavy atom. The molecule has 0 fully saturated rings. The molecule has 0 atom stereocenters. The van der Waals surface area contributed by atoms with Crippen LogP contribution < -0.4 is 0 Å². The van der Waals surface area contributed by atoms with Gasteiger partial charge in [0.2, 0.25) is 11.6 Å². The summed E-state index contributed by atoms with van der Waals surface area (Å²) in [6.07, 6.45) is 4.12. The molecule has 1 aromatic rings. The maximum atomic E-state index is 11.7. The number of Topliss-reactive ketones (excluding diaryl/α,β-unsaturated/α-hetero) is 1. The van der Waals surface area contributed by atoms with Crippen LogP contribution in [0.5, 0.6) is 0 Å². The highest BCUT2D eigenvalue weighted by atomic mass is 35.5. The van der Waals surface area contributed by atoms with Gasteiger partial charge in [0.25, 0.3) is 0 Å². The first-order chi connectivity index (χ1) is 8.43. The maximum absolute atomic E-state index is 11.7. The molecule has 0 unspecified atom stereocenters. The molecule has 1 aliphatic rings. The average Bonchev–Trinajstić information content (AvgIpc) is 2.35. The molecule has 0 bridgehead atoms. The molecule has 0 aromatic heterocycles. The Morgan fingerprint density at radius 2 is 1.56 bits per heavy atom. The highest BCUT2D eigenvalue weighted by molar-refractivity contribution is 6.59. The van der Waals surface area contributed by atoms with Gasteiger partial charge in [0, 0.05) is 11.1 Å². The monoisotopic (exact) mass is 320 g/mol.